The van der Waals surface area contributed by atoms with Gasteiger partial charge in [-0.2, -0.15) is 5.26 Å². The van der Waals surface area contributed by atoms with Crippen LogP contribution in [0.2, 0.25) is 0 Å². The lowest BCUT2D eigenvalue weighted by atomic mass is 10.1. The van der Waals surface area contributed by atoms with Gasteiger partial charge in [0.2, 0.25) is 0 Å². The van der Waals surface area contributed by atoms with E-state index in [1.807, 2.05) is 18.4 Å². The molecule has 0 spiro atoms. The number of rotatable bonds is 2. The average Bonchev–Trinajstić information content (AvgIpc) is 2.29. The van der Waals surface area contributed by atoms with Crippen molar-refractivity contribution < 1.29 is 9.47 Å². The summed E-state index contributed by atoms with van der Waals surface area (Å²) in [6.07, 6.45) is 2.39. The number of nitrogens with zero attached hydrogens (tertiary/aromatic N) is 1. The molecule has 0 bridgehead atoms. The first kappa shape index (κ1) is 10.2. The van der Waals surface area contributed by atoms with E-state index in [1.165, 1.54) is 0 Å². The molecule has 15 heavy (non-hydrogen) atoms. The zero-order chi connectivity index (χ0) is 10.7. The normalized spacial score (nSPS) is 13.3. The average molecular weight is 221 g/mol. The fourth-order valence-corrected chi connectivity index (χ4v) is 2.33. The van der Waals surface area contributed by atoms with Gasteiger partial charge in [-0.05, 0) is 17.9 Å². The molecule has 1 aliphatic rings. The molecule has 2 rings (SSSR count). The fourth-order valence-electron chi connectivity index (χ4n) is 1.58. The van der Waals surface area contributed by atoms with E-state index in [4.69, 9.17) is 14.7 Å². The van der Waals surface area contributed by atoms with Gasteiger partial charge in [0.1, 0.15) is 13.2 Å². The molecule has 78 valence electrons. The molecule has 1 aromatic carbocycles. The number of benzene rings is 1. The van der Waals surface area contributed by atoms with Crippen molar-refractivity contribution >= 4 is 11.8 Å². The van der Waals surface area contributed by atoms with Crippen molar-refractivity contribution in [3.63, 3.8) is 0 Å². The minimum Gasteiger partial charge on any atom is -0.486 e. The minimum absolute atomic E-state index is 0.410. The summed E-state index contributed by atoms with van der Waals surface area (Å²) in [5, 5.41) is 8.71. The molecular weight excluding hydrogens is 210 g/mol. The molecule has 4 heteroatoms. The van der Waals surface area contributed by atoms with Crippen molar-refractivity contribution in [2.45, 2.75) is 11.3 Å². The molecule has 0 radical (unpaired) electrons. The summed E-state index contributed by atoms with van der Waals surface area (Å²) in [6.45, 7) is 1.18. The standard InChI is InChI=1S/C11H11NO2S/c1-15-11-8(4-5-12)2-3-9-10(11)14-7-6-13-9/h2-3H,4,6-7H2,1H3. The van der Waals surface area contributed by atoms with Crippen molar-refractivity contribution in [1.82, 2.24) is 0 Å². The topological polar surface area (TPSA) is 42.2 Å². The molecule has 0 aliphatic carbocycles. The molecule has 0 N–H and O–H groups in total. The van der Waals surface area contributed by atoms with E-state index in [-0.39, 0.29) is 0 Å². The predicted molar refractivity (Wildman–Crippen MR) is 58.5 cm³/mol. The van der Waals surface area contributed by atoms with E-state index >= 15 is 0 Å². The first-order valence-electron chi connectivity index (χ1n) is 4.69. The number of ether oxygens (including phenoxy) is 2. The van der Waals surface area contributed by atoms with Crippen LogP contribution < -0.4 is 9.47 Å². The second-order valence-corrected chi connectivity index (χ2v) is 3.93. The van der Waals surface area contributed by atoms with E-state index in [2.05, 4.69) is 6.07 Å². The Balaban J connectivity index is 2.47. The van der Waals surface area contributed by atoms with Crippen molar-refractivity contribution in [2.75, 3.05) is 19.5 Å². The molecular formula is C11H11NO2S. The molecule has 0 saturated carbocycles. The number of fused-ring (bicyclic) bond motifs is 1. The van der Waals surface area contributed by atoms with Crippen LogP contribution in [0.4, 0.5) is 0 Å². The predicted octanol–water partition coefficient (Wildman–Crippen LogP) is 2.25. The summed E-state index contributed by atoms with van der Waals surface area (Å²) in [6, 6.07) is 5.96. The number of hydrogen-bond donors (Lipinski definition) is 0. The van der Waals surface area contributed by atoms with E-state index in [9.17, 15) is 0 Å². The Kier molecular flexibility index (Phi) is 3.02. The Morgan fingerprint density at radius 2 is 2.20 bits per heavy atom. The lowest BCUT2D eigenvalue weighted by Gasteiger charge is -2.21. The molecule has 0 amide bonds. The molecule has 3 nitrogen and oxygen atoms in total. The third kappa shape index (κ3) is 1.88. The van der Waals surface area contributed by atoms with E-state index < -0.39 is 0 Å². The SMILES string of the molecule is CSc1c(CC#N)ccc2c1OCCO2. The molecule has 0 atom stereocenters. The largest absolute Gasteiger partial charge is 0.486 e. The lowest BCUT2D eigenvalue weighted by molar-refractivity contribution is 0.167. The summed E-state index contributed by atoms with van der Waals surface area (Å²) in [4.78, 5) is 1.02. The van der Waals surface area contributed by atoms with Gasteiger partial charge in [-0.1, -0.05) is 6.07 Å². The van der Waals surface area contributed by atoms with Gasteiger partial charge in [0, 0.05) is 0 Å². The summed E-state index contributed by atoms with van der Waals surface area (Å²) in [5.74, 6) is 1.58. The summed E-state index contributed by atoms with van der Waals surface area (Å²) < 4.78 is 11.1. The van der Waals surface area contributed by atoms with Crippen LogP contribution in [-0.4, -0.2) is 19.5 Å². The van der Waals surface area contributed by atoms with E-state index in [0.717, 1.165) is 22.0 Å². The van der Waals surface area contributed by atoms with Crippen molar-refractivity contribution in [1.29, 1.82) is 5.26 Å². The molecule has 0 unspecified atom stereocenters. The highest BCUT2D eigenvalue weighted by Gasteiger charge is 2.18. The fraction of sp³-hybridized carbons (Fsp3) is 0.364. The zero-order valence-electron chi connectivity index (χ0n) is 8.45. The first-order chi connectivity index (χ1) is 7.36. The molecule has 0 fully saturated rings. The highest BCUT2D eigenvalue weighted by atomic mass is 32.2. The van der Waals surface area contributed by atoms with Gasteiger partial charge in [0.05, 0.1) is 17.4 Å². The van der Waals surface area contributed by atoms with Gasteiger partial charge in [0.15, 0.2) is 11.5 Å². The summed E-state index contributed by atoms with van der Waals surface area (Å²) in [7, 11) is 0. The van der Waals surface area contributed by atoms with Crippen LogP contribution >= 0.6 is 11.8 Å². The summed E-state index contributed by atoms with van der Waals surface area (Å²) >= 11 is 1.59. The maximum Gasteiger partial charge on any atom is 0.175 e. The van der Waals surface area contributed by atoms with Gasteiger partial charge >= 0.3 is 0 Å². The van der Waals surface area contributed by atoms with Gasteiger partial charge < -0.3 is 9.47 Å². The van der Waals surface area contributed by atoms with Crippen LogP contribution in [-0.2, 0) is 6.42 Å². The number of hydrogen-bond acceptors (Lipinski definition) is 4. The highest BCUT2D eigenvalue weighted by Crippen LogP contribution is 2.41. The molecule has 1 heterocycles. The molecule has 0 aromatic heterocycles. The van der Waals surface area contributed by atoms with Crippen molar-refractivity contribution in [2.24, 2.45) is 0 Å². The third-order valence-electron chi connectivity index (χ3n) is 2.22. The van der Waals surface area contributed by atoms with Gasteiger partial charge in [-0.15, -0.1) is 11.8 Å². The number of thioether (sulfide) groups is 1. The summed E-state index contributed by atoms with van der Waals surface area (Å²) in [5.41, 5.74) is 1.01. The maximum absolute atomic E-state index is 8.71. The highest BCUT2D eigenvalue weighted by molar-refractivity contribution is 7.98. The Morgan fingerprint density at radius 3 is 2.93 bits per heavy atom. The van der Waals surface area contributed by atoms with E-state index in [0.29, 0.717) is 19.6 Å². The Bertz CT molecular complexity index is 412. The molecule has 1 aliphatic heterocycles. The Hall–Kier alpha value is -1.34. The van der Waals surface area contributed by atoms with Crippen LogP contribution in [0.1, 0.15) is 5.56 Å². The minimum atomic E-state index is 0.410. The monoisotopic (exact) mass is 221 g/mol. The number of nitriles is 1. The van der Waals surface area contributed by atoms with Crippen molar-refractivity contribution in [3.05, 3.63) is 17.7 Å². The van der Waals surface area contributed by atoms with Gasteiger partial charge in [0.25, 0.3) is 0 Å². The lowest BCUT2D eigenvalue weighted by Crippen LogP contribution is -2.16. The maximum atomic E-state index is 8.71. The molecule has 1 aromatic rings. The Morgan fingerprint density at radius 1 is 1.40 bits per heavy atom. The quantitative estimate of drug-likeness (QED) is 0.718. The van der Waals surface area contributed by atoms with Crippen molar-refractivity contribution in [3.8, 4) is 17.6 Å². The first-order valence-corrected chi connectivity index (χ1v) is 5.91. The van der Waals surface area contributed by atoms with Crippen LogP contribution in [0.5, 0.6) is 11.5 Å². The van der Waals surface area contributed by atoms with E-state index in [1.54, 1.807) is 11.8 Å². The van der Waals surface area contributed by atoms with Gasteiger partial charge in [-0.3, -0.25) is 0 Å². The third-order valence-corrected chi connectivity index (χ3v) is 3.07. The second kappa shape index (κ2) is 4.45. The van der Waals surface area contributed by atoms with Crippen LogP contribution in [0.3, 0.4) is 0 Å². The smallest absolute Gasteiger partial charge is 0.175 e. The second-order valence-electron chi connectivity index (χ2n) is 3.12. The van der Waals surface area contributed by atoms with Crippen LogP contribution in [0.25, 0.3) is 0 Å². The Labute approximate surface area is 93.0 Å². The van der Waals surface area contributed by atoms with Gasteiger partial charge in [-0.25, -0.2) is 0 Å². The van der Waals surface area contributed by atoms with Crippen LogP contribution in [0, 0.1) is 11.3 Å². The zero-order valence-corrected chi connectivity index (χ0v) is 9.26. The molecule has 0 saturated heterocycles. The van der Waals surface area contributed by atoms with Crippen LogP contribution in [0.15, 0.2) is 17.0 Å².